The zero-order valence-corrected chi connectivity index (χ0v) is 19.7. The van der Waals surface area contributed by atoms with Crippen LogP contribution in [0, 0.1) is 0 Å². The summed E-state index contributed by atoms with van der Waals surface area (Å²) in [6, 6.07) is 7.62. The monoisotopic (exact) mass is 388 g/mol. The molecule has 0 nitrogen and oxygen atoms in total. The van der Waals surface area contributed by atoms with Crippen LogP contribution >= 0.6 is 8.58 Å². The lowest BCUT2D eigenvalue weighted by molar-refractivity contribution is 0.552. The highest BCUT2D eigenvalue weighted by molar-refractivity contribution is 7.40. The third-order valence-corrected chi connectivity index (χ3v) is 8.66. The maximum absolute atomic E-state index is 2.59. The molecule has 2 rings (SSSR count). The molecular formula is C26H45P. The Morgan fingerprint density at radius 3 is 2.33 bits per heavy atom. The molecule has 0 N–H and O–H groups in total. The fraction of sp³-hybridized carbons (Fsp3) is 0.769. The van der Waals surface area contributed by atoms with Gasteiger partial charge in [-0.05, 0) is 85.3 Å². The van der Waals surface area contributed by atoms with Crippen LogP contribution in [-0.2, 0) is 12.8 Å². The summed E-state index contributed by atoms with van der Waals surface area (Å²) < 4.78 is 0. The summed E-state index contributed by atoms with van der Waals surface area (Å²) in [5, 5.41) is 0. The van der Waals surface area contributed by atoms with Crippen molar-refractivity contribution in [3.05, 3.63) is 34.9 Å². The zero-order valence-electron chi connectivity index (χ0n) is 18.7. The molecule has 1 aromatic rings. The molecule has 0 spiro atoms. The maximum atomic E-state index is 2.59. The summed E-state index contributed by atoms with van der Waals surface area (Å²) >= 11 is 0. The van der Waals surface area contributed by atoms with Gasteiger partial charge in [0.1, 0.15) is 0 Å². The molecule has 1 aliphatic heterocycles. The third kappa shape index (κ3) is 7.20. The Balaban J connectivity index is 2.18. The van der Waals surface area contributed by atoms with Crippen molar-refractivity contribution in [2.75, 3.05) is 0 Å². The van der Waals surface area contributed by atoms with Gasteiger partial charge in [-0.2, -0.15) is 0 Å². The van der Waals surface area contributed by atoms with Crippen molar-refractivity contribution in [3.8, 4) is 0 Å². The van der Waals surface area contributed by atoms with E-state index in [1.165, 1.54) is 92.1 Å². The molecule has 0 bridgehead atoms. The second-order valence-electron chi connectivity index (χ2n) is 8.83. The van der Waals surface area contributed by atoms with Crippen LogP contribution in [0.4, 0.5) is 0 Å². The number of hydrogen-bond donors (Lipinski definition) is 0. The fourth-order valence-corrected chi connectivity index (χ4v) is 7.09. The lowest BCUT2D eigenvalue weighted by atomic mass is 9.83. The molecule has 0 aromatic heterocycles. The van der Waals surface area contributed by atoms with Crippen molar-refractivity contribution in [1.82, 2.24) is 0 Å². The van der Waals surface area contributed by atoms with E-state index >= 15 is 0 Å². The molecule has 1 heterocycles. The predicted molar refractivity (Wildman–Crippen MR) is 126 cm³/mol. The standard InChI is InChI=1S/C26H45P/c1-5-9-13-21-16-18-24(22(20-21)14-10-6-2)25(12-8-4)26-19-17-23(27-26)15-11-7-3/h16,18,20,23,25-27H,5-15,17,19H2,1-4H3. The first-order valence-corrected chi connectivity index (χ1v) is 13.3. The van der Waals surface area contributed by atoms with Gasteiger partial charge in [0.25, 0.3) is 0 Å². The second kappa shape index (κ2) is 13.0. The van der Waals surface area contributed by atoms with Gasteiger partial charge >= 0.3 is 0 Å². The largest absolute Gasteiger partial charge is 0.115 e. The van der Waals surface area contributed by atoms with E-state index in [0.717, 1.165) is 17.2 Å². The molecule has 1 heteroatoms. The van der Waals surface area contributed by atoms with E-state index in [1.807, 2.05) is 0 Å². The van der Waals surface area contributed by atoms with E-state index in [1.54, 1.807) is 16.7 Å². The van der Waals surface area contributed by atoms with Crippen molar-refractivity contribution < 1.29 is 0 Å². The summed E-state index contributed by atoms with van der Waals surface area (Å²) in [6.45, 7) is 9.37. The minimum Gasteiger partial charge on any atom is -0.115 e. The Labute approximate surface area is 172 Å². The van der Waals surface area contributed by atoms with E-state index in [4.69, 9.17) is 0 Å². The number of rotatable bonds is 13. The quantitative estimate of drug-likeness (QED) is 0.296. The lowest BCUT2D eigenvalue weighted by Gasteiger charge is -2.27. The second-order valence-corrected chi connectivity index (χ2v) is 10.7. The Bertz CT molecular complexity index is 521. The topological polar surface area (TPSA) is 0 Å². The van der Waals surface area contributed by atoms with Crippen LogP contribution in [0.5, 0.6) is 0 Å². The molecule has 1 fully saturated rings. The number of aryl methyl sites for hydroxylation is 2. The minimum absolute atomic E-state index is 0.826. The predicted octanol–water partition coefficient (Wildman–Crippen LogP) is 8.66. The number of benzene rings is 1. The van der Waals surface area contributed by atoms with Gasteiger partial charge < -0.3 is 0 Å². The van der Waals surface area contributed by atoms with Crippen LogP contribution in [-0.4, -0.2) is 11.3 Å². The molecule has 154 valence electrons. The summed E-state index contributed by atoms with van der Waals surface area (Å²) in [5.41, 5.74) is 7.02. The van der Waals surface area contributed by atoms with Gasteiger partial charge in [0.2, 0.25) is 0 Å². The minimum atomic E-state index is 0.826. The van der Waals surface area contributed by atoms with Gasteiger partial charge in [0.05, 0.1) is 0 Å². The summed E-state index contributed by atoms with van der Waals surface area (Å²) in [5.74, 6) is 0.826. The van der Waals surface area contributed by atoms with E-state index in [9.17, 15) is 0 Å². The fourth-order valence-electron chi connectivity index (χ4n) is 4.87. The van der Waals surface area contributed by atoms with Gasteiger partial charge in [-0.15, -0.1) is 8.58 Å². The Morgan fingerprint density at radius 1 is 0.889 bits per heavy atom. The normalized spacial score (nSPS) is 21.8. The van der Waals surface area contributed by atoms with Gasteiger partial charge in [-0.1, -0.05) is 78.0 Å². The molecule has 0 amide bonds. The number of hydrogen-bond acceptors (Lipinski definition) is 0. The summed E-state index contributed by atoms with van der Waals surface area (Å²) in [4.78, 5) is 0. The highest BCUT2D eigenvalue weighted by atomic mass is 31.1. The maximum Gasteiger partial charge on any atom is -0.00939 e. The van der Waals surface area contributed by atoms with E-state index in [0.29, 0.717) is 0 Å². The van der Waals surface area contributed by atoms with Crippen molar-refractivity contribution in [2.24, 2.45) is 0 Å². The molecule has 4 unspecified atom stereocenters. The van der Waals surface area contributed by atoms with E-state index in [2.05, 4.69) is 45.9 Å². The van der Waals surface area contributed by atoms with Gasteiger partial charge in [-0.3, -0.25) is 0 Å². The Hall–Kier alpha value is -0.350. The third-order valence-electron chi connectivity index (χ3n) is 6.49. The first-order chi connectivity index (χ1) is 13.2. The molecule has 4 atom stereocenters. The highest BCUT2D eigenvalue weighted by Gasteiger charge is 2.31. The van der Waals surface area contributed by atoms with E-state index < -0.39 is 0 Å². The van der Waals surface area contributed by atoms with Gasteiger partial charge in [0.15, 0.2) is 0 Å². The molecular weight excluding hydrogens is 343 g/mol. The molecule has 1 aliphatic rings. The summed E-state index contributed by atoms with van der Waals surface area (Å²) in [7, 11) is 1.21. The van der Waals surface area contributed by atoms with Crippen molar-refractivity contribution >= 4 is 8.58 Å². The highest BCUT2D eigenvalue weighted by Crippen LogP contribution is 2.50. The van der Waals surface area contributed by atoms with Gasteiger partial charge in [-0.25, -0.2) is 0 Å². The SMILES string of the molecule is CCCCc1ccc(C(CCC)C2CCC(CCCC)P2)c(CCCC)c1. The van der Waals surface area contributed by atoms with Crippen LogP contribution in [0.2, 0.25) is 0 Å². The Kier molecular flexibility index (Phi) is 11.0. The smallest absolute Gasteiger partial charge is 0.00939 e. The first kappa shape index (κ1) is 22.9. The molecule has 0 aliphatic carbocycles. The zero-order chi connectivity index (χ0) is 19.5. The molecule has 0 saturated carbocycles. The van der Waals surface area contributed by atoms with Crippen LogP contribution in [0.25, 0.3) is 0 Å². The lowest BCUT2D eigenvalue weighted by Crippen LogP contribution is -2.14. The van der Waals surface area contributed by atoms with Crippen LogP contribution in [0.1, 0.15) is 121 Å². The first-order valence-electron chi connectivity index (χ1n) is 12.1. The van der Waals surface area contributed by atoms with Crippen molar-refractivity contribution in [1.29, 1.82) is 0 Å². The Morgan fingerprint density at radius 2 is 1.63 bits per heavy atom. The number of unbranched alkanes of at least 4 members (excludes halogenated alkanes) is 3. The molecule has 1 aromatic carbocycles. The molecule has 0 radical (unpaired) electrons. The van der Waals surface area contributed by atoms with Crippen molar-refractivity contribution in [3.63, 3.8) is 0 Å². The summed E-state index contributed by atoms with van der Waals surface area (Å²) in [6.07, 6.45) is 17.8. The van der Waals surface area contributed by atoms with Crippen LogP contribution < -0.4 is 0 Å². The molecule has 27 heavy (non-hydrogen) atoms. The van der Waals surface area contributed by atoms with Gasteiger partial charge in [0, 0.05) is 0 Å². The van der Waals surface area contributed by atoms with E-state index in [-0.39, 0.29) is 0 Å². The van der Waals surface area contributed by atoms with Crippen LogP contribution in [0.3, 0.4) is 0 Å². The van der Waals surface area contributed by atoms with Crippen LogP contribution in [0.15, 0.2) is 18.2 Å². The average molecular weight is 389 g/mol. The average Bonchev–Trinajstić information content (AvgIpc) is 3.16. The van der Waals surface area contributed by atoms with Crippen molar-refractivity contribution in [2.45, 2.75) is 128 Å². The molecule has 1 saturated heterocycles.